The van der Waals surface area contributed by atoms with Crippen molar-refractivity contribution in [2.45, 2.75) is 31.8 Å². The van der Waals surface area contributed by atoms with E-state index in [1.807, 2.05) is 41.3 Å². The van der Waals surface area contributed by atoms with Gasteiger partial charge in [0.1, 0.15) is 11.5 Å². The predicted octanol–water partition coefficient (Wildman–Crippen LogP) is 3.18. The van der Waals surface area contributed by atoms with Gasteiger partial charge in [0, 0.05) is 36.9 Å². The van der Waals surface area contributed by atoms with E-state index in [1.165, 1.54) is 19.4 Å². The number of hydrogen-bond acceptors (Lipinski definition) is 4. The van der Waals surface area contributed by atoms with Crippen molar-refractivity contribution in [2.75, 3.05) is 19.6 Å². The van der Waals surface area contributed by atoms with E-state index in [-0.39, 0.29) is 11.9 Å². The Morgan fingerprint density at radius 3 is 2.76 bits per heavy atom. The van der Waals surface area contributed by atoms with Gasteiger partial charge in [-0.25, -0.2) is 0 Å². The molecule has 0 spiro atoms. The first-order chi connectivity index (χ1) is 12.2. The average Bonchev–Trinajstić information content (AvgIpc) is 3.09. The molecule has 130 valence electrons. The summed E-state index contributed by atoms with van der Waals surface area (Å²) in [5.74, 6) is 1.51. The first-order valence-corrected chi connectivity index (χ1v) is 8.93. The van der Waals surface area contributed by atoms with Gasteiger partial charge in [-0.2, -0.15) is 0 Å². The fraction of sp³-hybridized carbons (Fsp3) is 0.400. The van der Waals surface area contributed by atoms with Gasteiger partial charge in [-0.1, -0.05) is 0 Å². The van der Waals surface area contributed by atoms with Crippen molar-refractivity contribution in [1.82, 2.24) is 14.8 Å². The Morgan fingerprint density at radius 2 is 2.00 bits per heavy atom. The number of ether oxygens (including phenoxy) is 1. The molecule has 2 atom stereocenters. The summed E-state index contributed by atoms with van der Waals surface area (Å²) in [4.78, 5) is 21.5. The van der Waals surface area contributed by atoms with E-state index in [0.29, 0.717) is 17.5 Å². The first-order valence-electron chi connectivity index (χ1n) is 8.93. The van der Waals surface area contributed by atoms with E-state index < -0.39 is 0 Å². The second-order valence-electron chi connectivity index (χ2n) is 6.91. The van der Waals surface area contributed by atoms with Crippen molar-refractivity contribution >= 4 is 5.91 Å². The fourth-order valence-electron chi connectivity index (χ4n) is 3.85. The summed E-state index contributed by atoms with van der Waals surface area (Å²) in [7, 11) is 0. The van der Waals surface area contributed by atoms with Crippen LogP contribution < -0.4 is 4.74 Å². The molecule has 2 saturated heterocycles. The molecular weight excluding hydrogens is 314 g/mol. The van der Waals surface area contributed by atoms with Crippen molar-refractivity contribution in [3.8, 4) is 11.5 Å². The Kier molecular flexibility index (Phi) is 4.40. The van der Waals surface area contributed by atoms with Crippen molar-refractivity contribution in [3.05, 3.63) is 54.4 Å². The summed E-state index contributed by atoms with van der Waals surface area (Å²) in [5.41, 5.74) is 0.719. The van der Waals surface area contributed by atoms with Crippen LogP contribution in [0.5, 0.6) is 11.5 Å². The van der Waals surface area contributed by atoms with Crippen LogP contribution in [-0.4, -0.2) is 52.4 Å². The number of pyridine rings is 1. The molecule has 2 fully saturated rings. The third-order valence-electron chi connectivity index (χ3n) is 5.17. The van der Waals surface area contributed by atoms with E-state index in [1.54, 1.807) is 12.4 Å². The van der Waals surface area contributed by atoms with E-state index in [4.69, 9.17) is 4.74 Å². The van der Waals surface area contributed by atoms with Crippen LogP contribution in [0.2, 0.25) is 0 Å². The minimum atomic E-state index is 0.118. The van der Waals surface area contributed by atoms with E-state index in [2.05, 4.69) is 16.8 Å². The lowest BCUT2D eigenvalue weighted by molar-refractivity contribution is 0.0395. The molecule has 2 aliphatic rings. The highest BCUT2D eigenvalue weighted by molar-refractivity contribution is 5.94. The number of piperazine rings is 1. The van der Waals surface area contributed by atoms with Gasteiger partial charge in [0.05, 0.1) is 6.20 Å². The maximum absolute atomic E-state index is 12.9. The Labute approximate surface area is 148 Å². The molecule has 1 amide bonds. The minimum Gasteiger partial charge on any atom is -0.456 e. The maximum atomic E-state index is 12.9. The van der Waals surface area contributed by atoms with Crippen molar-refractivity contribution in [2.24, 2.45) is 0 Å². The number of nitrogens with zero attached hydrogens (tertiary/aromatic N) is 3. The molecule has 1 aromatic carbocycles. The molecule has 25 heavy (non-hydrogen) atoms. The summed E-state index contributed by atoms with van der Waals surface area (Å²) in [5, 5.41) is 0. The predicted molar refractivity (Wildman–Crippen MR) is 95.8 cm³/mol. The van der Waals surface area contributed by atoms with Crippen LogP contribution in [0.4, 0.5) is 0 Å². The molecular formula is C20H23N3O2. The smallest absolute Gasteiger partial charge is 0.254 e. The SMILES string of the molecule is C[C@H]1CN2CCC[C@@H]2CN1C(=O)c1ccc(Oc2cccnc2)cc1. The monoisotopic (exact) mass is 337 g/mol. The topological polar surface area (TPSA) is 45.7 Å². The number of rotatable bonds is 3. The molecule has 4 rings (SSSR count). The number of hydrogen-bond donors (Lipinski definition) is 0. The molecule has 0 radical (unpaired) electrons. The summed E-state index contributed by atoms with van der Waals surface area (Å²) in [6.45, 7) is 5.15. The Balaban J connectivity index is 1.45. The van der Waals surface area contributed by atoms with Crippen molar-refractivity contribution in [1.29, 1.82) is 0 Å². The van der Waals surface area contributed by atoms with Gasteiger partial charge in [0.15, 0.2) is 0 Å². The number of carbonyl (C=O) groups is 1. The van der Waals surface area contributed by atoms with Crippen LogP contribution in [0.1, 0.15) is 30.1 Å². The lowest BCUT2D eigenvalue weighted by Crippen LogP contribution is -2.56. The summed E-state index contributed by atoms with van der Waals surface area (Å²) >= 11 is 0. The van der Waals surface area contributed by atoms with Crippen LogP contribution in [0.15, 0.2) is 48.8 Å². The largest absolute Gasteiger partial charge is 0.456 e. The molecule has 1 aromatic heterocycles. The molecule has 0 bridgehead atoms. The summed E-state index contributed by atoms with van der Waals surface area (Å²) in [6.07, 6.45) is 5.83. The molecule has 2 aliphatic heterocycles. The van der Waals surface area contributed by atoms with Crippen molar-refractivity contribution < 1.29 is 9.53 Å². The van der Waals surface area contributed by atoms with Gasteiger partial charge in [-0.05, 0) is 62.7 Å². The zero-order chi connectivity index (χ0) is 17.2. The van der Waals surface area contributed by atoms with Gasteiger partial charge in [0.2, 0.25) is 0 Å². The minimum absolute atomic E-state index is 0.118. The maximum Gasteiger partial charge on any atom is 0.254 e. The quantitative estimate of drug-likeness (QED) is 0.863. The molecule has 5 nitrogen and oxygen atoms in total. The summed E-state index contributed by atoms with van der Waals surface area (Å²) in [6, 6.07) is 11.9. The van der Waals surface area contributed by atoms with Gasteiger partial charge in [-0.3, -0.25) is 14.7 Å². The highest BCUT2D eigenvalue weighted by atomic mass is 16.5. The van der Waals surface area contributed by atoms with Gasteiger partial charge in [-0.15, -0.1) is 0 Å². The Hall–Kier alpha value is -2.40. The molecule has 0 saturated carbocycles. The van der Waals surface area contributed by atoms with Gasteiger partial charge in [0.25, 0.3) is 5.91 Å². The normalized spacial score (nSPS) is 23.3. The molecule has 0 unspecified atom stereocenters. The van der Waals surface area contributed by atoms with E-state index in [9.17, 15) is 4.79 Å². The lowest BCUT2D eigenvalue weighted by Gasteiger charge is -2.42. The molecule has 0 aliphatic carbocycles. The molecule has 2 aromatic rings. The second kappa shape index (κ2) is 6.84. The number of amides is 1. The average molecular weight is 337 g/mol. The standard InChI is InChI=1S/C20H23N3O2/c1-15-13-22-11-3-4-17(22)14-23(15)20(24)16-6-8-18(9-7-16)25-19-5-2-10-21-12-19/h2,5-10,12,15,17H,3-4,11,13-14H2,1H3/t15-,17+/m0/s1. The summed E-state index contributed by atoms with van der Waals surface area (Å²) < 4.78 is 5.74. The highest BCUT2D eigenvalue weighted by Gasteiger charge is 2.36. The zero-order valence-electron chi connectivity index (χ0n) is 14.5. The van der Waals surface area contributed by atoms with Crippen LogP contribution in [0.25, 0.3) is 0 Å². The number of benzene rings is 1. The van der Waals surface area contributed by atoms with Crippen LogP contribution in [0.3, 0.4) is 0 Å². The van der Waals surface area contributed by atoms with Crippen LogP contribution in [-0.2, 0) is 0 Å². The van der Waals surface area contributed by atoms with Crippen molar-refractivity contribution in [3.63, 3.8) is 0 Å². The molecule has 0 N–H and O–H groups in total. The Bertz CT molecular complexity index is 732. The second-order valence-corrected chi connectivity index (χ2v) is 6.91. The molecule has 3 heterocycles. The van der Waals surface area contributed by atoms with E-state index in [0.717, 1.165) is 18.7 Å². The van der Waals surface area contributed by atoms with Gasteiger partial charge < -0.3 is 9.64 Å². The van der Waals surface area contributed by atoms with Crippen LogP contribution >= 0.6 is 0 Å². The van der Waals surface area contributed by atoms with Crippen LogP contribution in [0, 0.1) is 0 Å². The number of carbonyl (C=O) groups excluding carboxylic acids is 1. The highest BCUT2D eigenvalue weighted by Crippen LogP contribution is 2.26. The number of aromatic nitrogens is 1. The fourth-order valence-corrected chi connectivity index (χ4v) is 3.85. The number of fused-ring (bicyclic) bond motifs is 1. The first kappa shape index (κ1) is 16.1. The van der Waals surface area contributed by atoms with E-state index >= 15 is 0 Å². The third-order valence-corrected chi connectivity index (χ3v) is 5.17. The lowest BCUT2D eigenvalue weighted by atomic mass is 10.1. The zero-order valence-corrected chi connectivity index (χ0v) is 14.5. The van der Waals surface area contributed by atoms with Gasteiger partial charge >= 0.3 is 0 Å². The molecule has 5 heteroatoms. The third kappa shape index (κ3) is 3.37. The Morgan fingerprint density at radius 1 is 1.16 bits per heavy atom.